The van der Waals surface area contributed by atoms with Crippen LogP contribution in [0, 0.1) is 6.92 Å². The van der Waals surface area contributed by atoms with Crippen LogP contribution in [0.2, 0.25) is 5.02 Å². The van der Waals surface area contributed by atoms with Crippen molar-refractivity contribution < 1.29 is 14.3 Å². The van der Waals surface area contributed by atoms with Gasteiger partial charge in [0.2, 0.25) is 0 Å². The maximum Gasteiger partial charge on any atom is 0.397 e. The predicted octanol–water partition coefficient (Wildman–Crippen LogP) is 1.54. The highest BCUT2D eigenvalue weighted by atomic mass is 35.5. The van der Waals surface area contributed by atoms with Gasteiger partial charge in [0.25, 0.3) is 0 Å². The second-order valence-electron chi connectivity index (χ2n) is 3.52. The van der Waals surface area contributed by atoms with Crippen LogP contribution in [-0.4, -0.2) is 25.0 Å². The van der Waals surface area contributed by atoms with Crippen molar-refractivity contribution in [2.75, 3.05) is 18.1 Å². The Morgan fingerprint density at radius 3 is 2.81 bits per heavy atom. The molecule has 1 amide bonds. The van der Waals surface area contributed by atoms with Crippen LogP contribution in [0.1, 0.15) is 5.56 Å². The summed E-state index contributed by atoms with van der Waals surface area (Å²) in [6.07, 6.45) is 0. The molecule has 0 saturated carbocycles. The van der Waals surface area contributed by atoms with Gasteiger partial charge >= 0.3 is 11.9 Å². The molecule has 1 aliphatic heterocycles. The molecule has 5 heteroatoms. The van der Waals surface area contributed by atoms with Gasteiger partial charge in [-0.2, -0.15) is 0 Å². The van der Waals surface area contributed by atoms with Crippen molar-refractivity contribution in [1.82, 2.24) is 0 Å². The molecule has 0 bridgehead atoms. The summed E-state index contributed by atoms with van der Waals surface area (Å²) in [4.78, 5) is 24.1. The Morgan fingerprint density at radius 1 is 1.38 bits per heavy atom. The van der Waals surface area contributed by atoms with Crippen LogP contribution < -0.4 is 4.90 Å². The van der Waals surface area contributed by atoms with Crippen LogP contribution in [0.15, 0.2) is 18.2 Å². The summed E-state index contributed by atoms with van der Waals surface area (Å²) in [7, 11) is 0. The van der Waals surface area contributed by atoms with Crippen LogP contribution in [0.25, 0.3) is 0 Å². The van der Waals surface area contributed by atoms with Gasteiger partial charge < -0.3 is 4.74 Å². The first kappa shape index (κ1) is 11.0. The van der Waals surface area contributed by atoms with E-state index in [4.69, 9.17) is 11.6 Å². The standard InChI is InChI=1S/C11H10ClNO3/c1-7-6-8(12)2-3-9(7)13-4-5-16-11(15)10(13)14/h2-3,6H,4-5H2,1H3. The molecule has 1 saturated heterocycles. The number of hydrogen-bond acceptors (Lipinski definition) is 3. The van der Waals surface area contributed by atoms with Crippen LogP contribution in [-0.2, 0) is 14.3 Å². The number of aryl methyl sites for hydroxylation is 1. The molecule has 1 fully saturated rings. The van der Waals surface area contributed by atoms with Gasteiger partial charge in [-0.15, -0.1) is 0 Å². The lowest BCUT2D eigenvalue weighted by molar-refractivity contribution is -0.156. The highest BCUT2D eigenvalue weighted by Gasteiger charge is 2.29. The molecule has 0 spiro atoms. The zero-order valence-electron chi connectivity index (χ0n) is 8.70. The lowest BCUT2D eigenvalue weighted by atomic mass is 10.1. The molecule has 4 nitrogen and oxygen atoms in total. The van der Waals surface area contributed by atoms with E-state index in [9.17, 15) is 9.59 Å². The van der Waals surface area contributed by atoms with E-state index in [1.54, 1.807) is 18.2 Å². The molecular weight excluding hydrogens is 230 g/mol. The number of esters is 1. The third-order valence-corrected chi connectivity index (χ3v) is 2.65. The molecule has 0 atom stereocenters. The second kappa shape index (κ2) is 4.14. The number of halogens is 1. The summed E-state index contributed by atoms with van der Waals surface area (Å²) in [5.41, 5.74) is 1.56. The van der Waals surface area contributed by atoms with Gasteiger partial charge in [0.05, 0.1) is 6.54 Å². The van der Waals surface area contributed by atoms with E-state index in [1.807, 2.05) is 6.92 Å². The maximum atomic E-state index is 11.6. The van der Waals surface area contributed by atoms with Crippen LogP contribution >= 0.6 is 11.6 Å². The normalized spacial score (nSPS) is 16.2. The number of benzene rings is 1. The highest BCUT2D eigenvalue weighted by Crippen LogP contribution is 2.24. The van der Waals surface area contributed by atoms with Gasteiger partial charge in [-0.1, -0.05) is 11.6 Å². The van der Waals surface area contributed by atoms with E-state index in [-0.39, 0.29) is 6.61 Å². The summed E-state index contributed by atoms with van der Waals surface area (Å²) >= 11 is 5.83. The third kappa shape index (κ3) is 1.88. The van der Waals surface area contributed by atoms with E-state index in [0.29, 0.717) is 17.3 Å². The number of morpholine rings is 1. The predicted molar refractivity (Wildman–Crippen MR) is 59.5 cm³/mol. The quantitative estimate of drug-likeness (QED) is 0.552. The maximum absolute atomic E-state index is 11.6. The van der Waals surface area contributed by atoms with Gasteiger partial charge in [-0.25, -0.2) is 4.79 Å². The molecular formula is C11H10ClNO3. The summed E-state index contributed by atoms with van der Waals surface area (Å²) in [5, 5.41) is 0.605. The first-order chi connectivity index (χ1) is 7.59. The van der Waals surface area contributed by atoms with Crippen molar-refractivity contribution in [3.05, 3.63) is 28.8 Å². The minimum absolute atomic E-state index is 0.229. The molecule has 1 aromatic rings. The van der Waals surface area contributed by atoms with Gasteiger partial charge in [-0.3, -0.25) is 9.69 Å². The van der Waals surface area contributed by atoms with Crippen molar-refractivity contribution in [3.63, 3.8) is 0 Å². The average Bonchev–Trinajstić information content (AvgIpc) is 2.23. The Balaban J connectivity index is 2.36. The fourth-order valence-corrected chi connectivity index (χ4v) is 1.88. The number of anilines is 1. The van der Waals surface area contributed by atoms with Gasteiger partial charge in [0.15, 0.2) is 0 Å². The lowest BCUT2D eigenvalue weighted by Gasteiger charge is -2.27. The molecule has 0 radical (unpaired) electrons. The van der Waals surface area contributed by atoms with Crippen molar-refractivity contribution in [2.24, 2.45) is 0 Å². The molecule has 1 aromatic carbocycles. The molecule has 16 heavy (non-hydrogen) atoms. The number of carbonyl (C=O) groups excluding carboxylic acids is 2. The molecule has 0 unspecified atom stereocenters. The molecule has 1 heterocycles. The number of nitrogens with zero attached hydrogens (tertiary/aromatic N) is 1. The number of rotatable bonds is 1. The fraction of sp³-hybridized carbons (Fsp3) is 0.273. The van der Waals surface area contributed by atoms with Crippen molar-refractivity contribution >= 4 is 29.2 Å². The Bertz CT molecular complexity index is 459. The topological polar surface area (TPSA) is 46.6 Å². The minimum atomic E-state index is -0.805. The monoisotopic (exact) mass is 239 g/mol. The number of amides is 1. The van der Waals surface area contributed by atoms with Gasteiger partial charge in [-0.05, 0) is 30.7 Å². The Hall–Kier alpha value is -1.55. The SMILES string of the molecule is Cc1cc(Cl)ccc1N1CCOC(=O)C1=O. The van der Waals surface area contributed by atoms with Crippen LogP contribution in [0.5, 0.6) is 0 Å². The molecule has 0 aromatic heterocycles. The van der Waals surface area contributed by atoms with Crippen molar-refractivity contribution in [2.45, 2.75) is 6.92 Å². The number of cyclic esters (lactones) is 1. The average molecular weight is 240 g/mol. The molecule has 1 aliphatic rings. The fourth-order valence-electron chi connectivity index (χ4n) is 1.65. The Labute approximate surface area is 97.7 Å². The highest BCUT2D eigenvalue weighted by molar-refractivity contribution is 6.38. The summed E-state index contributed by atoms with van der Waals surface area (Å²) < 4.78 is 4.65. The Morgan fingerprint density at radius 2 is 2.12 bits per heavy atom. The van der Waals surface area contributed by atoms with E-state index in [1.165, 1.54) is 4.90 Å². The van der Waals surface area contributed by atoms with E-state index in [2.05, 4.69) is 4.74 Å². The number of carbonyl (C=O) groups is 2. The van der Waals surface area contributed by atoms with E-state index >= 15 is 0 Å². The lowest BCUT2D eigenvalue weighted by Crippen LogP contribution is -2.45. The second-order valence-corrected chi connectivity index (χ2v) is 3.96. The molecule has 0 N–H and O–H groups in total. The largest absolute Gasteiger partial charge is 0.457 e. The summed E-state index contributed by atoms with van der Waals surface area (Å²) in [6, 6.07) is 5.18. The Kier molecular flexibility index (Phi) is 2.83. The van der Waals surface area contributed by atoms with Crippen molar-refractivity contribution in [1.29, 1.82) is 0 Å². The molecule has 0 aliphatic carbocycles. The van der Waals surface area contributed by atoms with Crippen LogP contribution in [0.4, 0.5) is 5.69 Å². The van der Waals surface area contributed by atoms with Gasteiger partial charge in [0, 0.05) is 10.7 Å². The molecule has 84 valence electrons. The third-order valence-electron chi connectivity index (χ3n) is 2.42. The number of hydrogen-bond donors (Lipinski definition) is 0. The van der Waals surface area contributed by atoms with Crippen LogP contribution in [0.3, 0.4) is 0 Å². The first-order valence-electron chi connectivity index (χ1n) is 4.84. The number of ether oxygens (including phenoxy) is 1. The van der Waals surface area contributed by atoms with E-state index in [0.717, 1.165) is 5.56 Å². The van der Waals surface area contributed by atoms with Gasteiger partial charge in [0.1, 0.15) is 6.61 Å². The van der Waals surface area contributed by atoms with Crippen molar-refractivity contribution in [3.8, 4) is 0 Å². The zero-order chi connectivity index (χ0) is 11.7. The smallest absolute Gasteiger partial charge is 0.397 e. The summed E-state index contributed by atoms with van der Waals surface area (Å²) in [5.74, 6) is -1.43. The zero-order valence-corrected chi connectivity index (χ0v) is 9.45. The molecule has 2 rings (SSSR count). The summed E-state index contributed by atoms with van der Waals surface area (Å²) in [6.45, 7) is 2.45. The first-order valence-corrected chi connectivity index (χ1v) is 5.22. The minimum Gasteiger partial charge on any atom is -0.457 e. The van der Waals surface area contributed by atoms with E-state index < -0.39 is 11.9 Å².